The molecule has 0 saturated heterocycles. The highest BCUT2D eigenvalue weighted by Crippen LogP contribution is 2.25. The molecular weight excluding hydrogens is 313 g/mol. The van der Waals surface area contributed by atoms with E-state index in [9.17, 15) is 9.18 Å². The zero-order valence-corrected chi connectivity index (χ0v) is 13.3. The van der Waals surface area contributed by atoms with Gasteiger partial charge in [-0.05, 0) is 39.0 Å². The molecule has 1 amide bonds. The van der Waals surface area contributed by atoms with Gasteiger partial charge in [0.1, 0.15) is 35.3 Å². The first-order valence-electron chi connectivity index (χ1n) is 6.71. The smallest absolute Gasteiger partial charge is 0.412 e. The van der Waals surface area contributed by atoms with Crippen LogP contribution >= 0.6 is 0 Å². The van der Waals surface area contributed by atoms with Gasteiger partial charge >= 0.3 is 6.09 Å². The number of nitrogens with one attached hydrogen (secondary N) is 2. The molecule has 0 aliphatic rings. The highest BCUT2D eigenvalue weighted by molar-refractivity contribution is 5.90. The molecule has 24 heavy (non-hydrogen) atoms. The largest absolute Gasteiger partial charge is 0.444 e. The molecule has 122 valence electrons. The molecule has 0 radical (unpaired) electrons. The molecule has 0 aliphatic heterocycles. The average Bonchev–Trinajstić information content (AvgIpc) is 2.47. The SMILES string of the molecule is CC(C)(C)OC(=O)Nc1cc(F)ccc1NC(C#N)=C(C#N)C#N. The van der Waals surface area contributed by atoms with Gasteiger partial charge in [-0.3, -0.25) is 5.32 Å². The molecule has 0 aliphatic carbocycles. The van der Waals surface area contributed by atoms with Crippen LogP contribution in [0.2, 0.25) is 0 Å². The Bertz CT molecular complexity index is 788. The number of carbonyl (C=O) groups is 1. The molecule has 0 saturated carbocycles. The van der Waals surface area contributed by atoms with Gasteiger partial charge in [0, 0.05) is 0 Å². The van der Waals surface area contributed by atoms with Gasteiger partial charge in [-0.1, -0.05) is 0 Å². The van der Waals surface area contributed by atoms with Crippen LogP contribution in [-0.2, 0) is 4.74 Å². The van der Waals surface area contributed by atoms with E-state index in [4.69, 9.17) is 20.5 Å². The number of nitrogens with zero attached hydrogens (tertiary/aromatic N) is 3. The fraction of sp³-hybridized carbons (Fsp3) is 0.250. The number of nitriles is 3. The maximum absolute atomic E-state index is 13.4. The third-order valence-electron chi connectivity index (χ3n) is 2.46. The third-order valence-corrected chi connectivity index (χ3v) is 2.46. The summed E-state index contributed by atoms with van der Waals surface area (Å²) in [5, 5.41) is 31.6. The lowest BCUT2D eigenvalue weighted by atomic mass is 10.2. The maximum Gasteiger partial charge on any atom is 0.412 e. The lowest BCUT2D eigenvalue weighted by Crippen LogP contribution is -2.27. The molecule has 0 atom stereocenters. The fourth-order valence-corrected chi connectivity index (χ4v) is 1.56. The second-order valence-corrected chi connectivity index (χ2v) is 5.53. The molecule has 1 aromatic carbocycles. The number of hydrogen-bond acceptors (Lipinski definition) is 6. The Kier molecular flexibility index (Phi) is 5.87. The van der Waals surface area contributed by atoms with Gasteiger partial charge in [0.05, 0.1) is 11.4 Å². The molecular formula is C16H14FN5O2. The Hall–Kier alpha value is -3.57. The third kappa shape index (κ3) is 5.32. The molecule has 0 unspecified atom stereocenters. The monoisotopic (exact) mass is 327 g/mol. The topological polar surface area (TPSA) is 122 Å². The number of halogens is 1. The van der Waals surface area contributed by atoms with Gasteiger partial charge < -0.3 is 10.1 Å². The number of ether oxygens (including phenoxy) is 1. The second-order valence-electron chi connectivity index (χ2n) is 5.53. The summed E-state index contributed by atoms with van der Waals surface area (Å²) < 4.78 is 18.5. The van der Waals surface area contributed by atoms with Gasteiger partial charge in [-0.25, -0.2) is 9.18 Å². The number of rotatable bonds is 3. The maximum atomic E-state index is 13.4. The van der Waals surface area contributed by atoms with E-state index >= 15 is 0 Å². The van der Waals surface area contributed by atoms with Crippen molar-refractivity contribution in [3.8, 4) is 18.2 Å². The summed E-state index contributed by atoms with van der Waals surface area (Å²) in [7, 11) is 0. The van der Waals surface area contributed by atoms with Crippen molar-refractivity contribution in [2.45, 2.75) is 26.4 Å². The summed E-state index contributed by atoms with van der Waals surface area (Å²) >= 11 is 0. The molecule has 0 aromatic heterocycles. The van der Waals surface area contributed by atoms with Crippen molar-refractivity contribution in [1.82, 2.24) is 0 Å². The van der Waals surface area contributed by atoms with E-state index in [-0.39, 0.29) is 17.1 Å². The zero-order valence-electron chi connectivity index (χ0n) is 13.3. The molecule has 0 fully saturated rings. The van der Waals surface area contributed by atoms with Crippen molar-refractivity contribution in [1.29, 1.82) is 15.8 Å². The van der Waals surface area contributed by atoms with Crippen LogP contribution < -0.4 is 10.6 Å². The minimum atomic E-state index is -0.820. The van der Waals surface area contributed by atoms with Crippen molar-refractivity contribution in [3.05, 3.63) is 35.3 Å². The molecule has 0 bridgehead atoms. The summed E-state index contributed by atoms with van der Waals surface area (Å²) in [4.78, 5) is 11.8. The van der Waals surface area contributed by atoms with Gasteiger partial charge in [-0.2, -0.15) is 15.8 Å². The predicted octanol–water partition coefficient (Wildman–Crippen LogP) is 3.41. The Morgan fingerprint density at radius 2 is 1.71 bits per heavy atom. The van der Waals surface area contributed by atoms with Crippen LogP contribution in [0, 0.1) is 39.8 Å². The van der Waals surface area contributed by atoms with E-state index in [1.807, 2.05) is 0 Å². The minimum Gasteiger partial charge on any atom is -0.444 e. The molecule has 1 aromatic rings. The number of hydrogen-bond donors (Lipinski definition) is 2. The van der Waals surface area contributed by atoms with Gasteiger partial charge in [-0.15, -0.1) is 0 Å². The van der Waals surface area contributed by atoms with Crippen LogP contribution in [0.1, 0.15) is 20.8 Å². The van der Waals surface area contributed by atoms with Gasteiger partial charge in [0.25, 0.3) is 0 Å². The first kappa shape index (κ1) is 18.5. The summed E-state index contributed by atoms with van der Waals surface area (Å²) in [5.74, 6) is -0.630. The number of amides is 1. The number of carbonyl (C=O) groups excluding carboxylic acids is 1. The number of allylic oxidation sites excluding steroid dienone is 2. The van der Waals surface area contributed by atoms with Gasteiger partial charge in [0.2, 0.25) is 0 Å². The van der Waals surface area contributed by atoms with E-state index in [2.05, 4.69) is 10.6 Å². The van der Waals surface area contributed by atoms with Crippen molar-refractivity contribution < 1.29 is 13.9 Å². The number of benzene rings is 1. The van der Waals surface area contributed by atoms with Crippen LogP contribution in [0.5, 0.6) is 0 Å². The molecule has 2 N–H and O–H groups in total. The lowest BCUT2D eigenvalue weighted by Gasteiger charge is -2.20. The average molecular weight is 327 g/mol. The Morgan fingerprint density at radius 3 is 2.21 bits per heavy atom. The van der Waals surface area contributed by atoms with Crippen LogP contribution in [0.3, 0.4) is 0 Å². The van der Waals surface area contributed by atoms with E-state index in [1.54, 1.807) is 39.0 Å². The normalized spacial score (nSPS) is 9.71. The van der Waals surface area contributed by atoms with Crippen LogP contribution in [0.4, 0.5) is 20.6 Å². The first-order valence-corrected chi connectivity index (χ1v) is 6.71. The predicted molar refractivity (Wildman–Crippen MR) is 83.7 cm³/mol. The minimum absolute atomic E-state index is 0.00719. The summed E-state index contributed by atoms with van der Waals surface area (Å²) in [6.45, 7) is 5.00. The van der Waals surface area contributed by atoms with E-state index < -0.39 is 23.1 Å². The molecule has 1 rings (SSSR count). The van der Waals surface area contributed by atoms with Crippen molar-refractivity contribution in [3.63, 3.8) is 0 Å². The van der Waals surface area contributed by atoms with Gasteiger partial charge in [0.15, 0.2) is 5.57 Å². The van der Waals surface area contributed by atoms with Crippen LogP contribution in [0.15, 0.2) is 29.5 Å². The standard InChI is InChI=1S/C16H14FN5O2/c1-16(2,3)24-15(23)22-13-6-11(17)4-5-12(13)21-14(9-20)10(7-18)8-19/h4-6,21H,1-3H3,(H,22,23). The Balaban J connectivity index is 3.17. The molecule has 7 nitrogen and oxygen atoms in total. The van der Waals surface area contributed by atoms with Crippen LogP contribution in [-0.4, -0.2) is 11.7 Å². The van der Waals surface area contributed by atoms with E-state index in [0.29, 0.717) is 0 Å². The summed E-state index contributed by atoms with van der Waals surface area (Å²) in [6, 6.07) is 8.18. The van der Waals surface area contributed by atoms with Crippen molar-refractivity contribution >= 4 is 17.5 Å². The Labute approximate surface area is 138 Å². The molecule has 8 heteroatoms. The molecule has 0 spiro atoms. The first-order chi connectivity index (χ1) is 11.2. The summed E-state index contributed by atoms with van der Waals surface area (Å²) in [6.07, 6.45) is -0.820. The fourth-order valence-electron chi connectivity index (χ4n) is 1.56. The highest BCUT2D eigenvalue weighted by Gasteiger charge is 2.18. The zero-order chi connectivity index (χ0) is 18.3. The van der Waals surface area contributed by atoms with E-state index in [1.165, 1.54) is 6.07 Å². The molecule has 0 heterocycles. The number of anilines is 2. The van der Waals surface area contributed by atoms with Crippen molar-refractivity contribution in [2.24, 2.45) is 0 Å². The van der Waals surface area contributed by atoms with Crippen LogP contribution in [0.25, 0.3) is 0 Å². The van der Waals surface area contributed by atoms with E-state index in [0.717, 1.165) is 12.1 Å². The second kappa shape index (κ2) is 7.62. The lowest BCUT2D eigenvalue weighted by molar-refractivity contribution is 0.0636. The van der Waals surface area contributed by atoms with Crippen molar-refractivity contribution in [2.75, 3.05) is 10.6 Å². The quantitative estimate of drug-likeness (QED) is 0.820. The summed E-state index contributed by atoms with van der Waals surface area (Å²) in [5.41, 5.74) is -1.39. The highest BCUT2D eigenvalue weighted by atomic mass is 19.1. The Morgan fingerprint density at radius 1 is 1.08 bits per heavy atom.